The molecule has 4 nitrogen and oxygen atoms in total. The molecule has 0 saturated carbocycles. The third-order valence-corrected chi connectivity index (χ3v) is 3.57. The molecule has 0 fully saturated rings. The number of carbonyl (C=O) groups is 2. The lowest BCUT2D eigenvalue weighted by molar-refractivity contribution is -0.122. The SMILES string of the molecule is COC(=O)c1ccc2c(c1)C(NC(=O)CC(C)C)CC2. The van der Waals surface area contributed by atoms with E-state index in [1.165, 1.54) is 12.7 Å². The van der Waals surface area contributed by atoms with Gasteiger partial charge in [0.15, 0.2) is 0 Å². The Morgan fingerprint density at radius 1 is 1.40 bits per heavy atom. The first kappa shape index (κ1) is 14.6. The van der Waals surface area contributed by atoms with Crippen LogP contribution in [0.15, 0.2) is 18.2 Å². The molecule has 1 amide bonds. The van der Waals surface area contributed by atoms with Crippen molar-refractivity contribution in [3.05, 3.63) is 34.9 Å². The summed E-state index contributed by atoms with van der Waals surface area (Å²) >= 11 is 0. The second-order valence-corrected chi connectivity index (χ2v) is 5.66. The molecule has 0 saturated heterocycles. The molecule has 1 atom stereocenters. The van der Waals surface area contributed by atoms with E-state index in [9.17, 15) is 9.59 Å². The van der Waals surface area contributed by atoms with Crippen LogP contribution in [-0.2, 0) is 16.0 Å². The van der Waals surface area contributed by atoms with Crippen molar-refractivity contribution in [2.24, 2.45) is 5.92 Å². The second kappa shape index (κ2) is 6.07. The van der Waals surface area contributed by atoms with E-state index in [4.69, 9.17) is 4.74 Å². The van der Waals surface area contributed by atoms with Crippen molar-refractivity contribution in [2.45, 2.75) is 39.2 Å². The van der Waals surface area contributed by atoms with Crippen molar-refractivity contribution in [1.29, 1.82) is 0 Å². The largest absolute Gasteiger partial charge is 0.465 e. The number of hydrogen-bond donors (Lipinski definition) is 1. The Hall–Kier alpha value is -1.84. The van der Waals surface area contributed by atoms with Gasteiger partial charge in [-0.1, -0.05) is 19.9 Å². The minimum atomic E-state index is -0.341. The molecule has 0 aliphatic heterocycles. The Kier molecular flexibility index (Phi) is 4.42. The van der Waals surface area contributed by atoms with Gasteiger partial charge in [-0.05, 0) is 42.0 Å². The van der Waals surface area contributed by atoms with Crippen molar-refractivity contribution in [1.82, 2.24) is 5.32 Å². The Bertz CT molecular complexity index is 522. The predicted octanol–water partition coefficient (Wildman–Crippen LogP) is 2.62. The molecule has 1 aliphatic rings. The topological polar surface area (TPSA) is 55.4 Å². The fourth-order valence-corrected chi connectivity index (χ4v) is 2.62. The molecule has 0 spiro atoms. The highest BCUT2D eigenvalue weighted by molar-refractivity contribution is 5.89. The minimum Gasteiger partial charge on any atom is -0.465 e. The molecule has 0 radical (unpaired) electrons. The Morgan fingerprint density at radius 2 is 2.15 bits per heavy atom. The molecule has 0 aromatic heterocycles. The maximum absolute atomic E-state index is 11.9. The van der Waals surface area contributed by atoms with Crippen LogP contribution in [0, 0.1) is 5.92 Å². The predicted molar refractivity (Wildman–Crippen MR) is 76.4 cm³/mol. The summed E-state index contributed by atoms with van der Waals surface area (Å²) in [5.74, 6) is 0.0746. The second-order valence-electron chi connectivity index (χ2n) is 5.66. The summed E-state index contributed by atoms with van der Waals surface area (Å²) in [6.45, 7) is 4.05. The lowest BCUT2D eigenvalue weighted by atomic mass is 10.0. The van der Waals surface area contributed by atoms with Gasteiger partial charge in [0.05, 0.1) is 18.7 Å². The van der Waals surface area contributed by atoms with Gasteiger partial charge in [-0.2, -0.15) is 0 Å². The van der Waals surface area contributed by atoms with Gasteiger partial charge in [0.2, 0.25) is 5.91 Å². The normalized spacial score (nSPS) is 16.9. The average molecular weight is 275 g/mol. The fourth-order valence-electron chi connectivity index (χ4n) is 2.62. The fraction of sp³-hybridized carbons (Fsp3) is 0.500. The standard InChI is InChI=1S/C16H21NO3/c1-10(2)8-15(18)17-14-7-6-11-4-5-12(9-13(11)14)16(19)20-3/h4-5,9-10,14H,6-8H2,1-3H3,(H,17,18). The van der Waals surface area contributed by atoms with E-state index in [0.717, 1.165) is 18.4 Å². The highest BCUT2D eigenvalue weighted by atomic mass is 16.5. The average Bonchev–Trinajstić information content (AvgIpc) is 2.79. The number of rotatable bonds is 4. The maximum atomic E-state index is 11.9. The van der Waals surface area contributed by atoms with Crippen molar-refractivity contribution in [2.75, 3.05) is 7.11 Å². The number of methoxy groups -OCH3 is 1. The van der Waals surface area contributed by atoms with Gasteiger partial charge in [-0.15, -0.1) is 0 Å². The lowest BCUT2D eigenvalue weighted by Gasteiger charge is -2.15. The third-order valence-electron chi connectivity index (χ3n) is 3.57. The van der Waals surface area contributed by atoms with Gasteiger partial charge in [0.25, 0.3) is 0 Å². The maximum Gasteiger partial charge on any atom is 0.337 e. The smallest absolute Gasteiger partial charge is 0.337 e. The molecule has 108 valence electrons. The van der Waals surface area contributed by atoms with Crippen LogP contribution in [0.1, 0.15) is 54.2 Å². The van der Waals surface area contributed by atoms with Gasteiger partial charge in [-0.25, -0.2) is 4.79 Å². The van der Waals surface area contributed by atoms with Crippen molar-refractivity contribution in [3.8, 4) is 0 Å². The first-order chi connectivity index (χ1) is 9.51. The van der Waals surface area contributed by atoms with E-state index < -0.39 is 0 Å². The molecular weight excluding hydrogens is 254 g/mol. The van der Waals surface area contributed by atoms with Crippen LogP contribution < -0.4 is 5.32 Å². The van der Waals surface area contributed by atoms with E-state index in [2.05, 4.69) is 5.32 Å². The van der Waals surface area contributed by atoms with Crippen molar-refractivity contribution >= 4 is 11.9 Å². The lowest BCUT2D eigenvalue weighted by Crippen LogP contribution is -2.28. The van der Waals surface area contributed by atoms with Crippen molar-refractivity contribution in [3.63, 3.8) is 0 Å². The molecule has 4 heteroatoms. The summed E-state index contributed by atoms with van der Waals surface area (Å²) in [7, 11) is 1.37. The zero-order valence-electron chi connectivity index (χ0n) is 12.2. The number of ether oxygens (including phenoxy) is 1. The van der Waals surface area contributed by atoms with Gasteiger partial charge in [-0.3, -0.25) is 4.79 Å². The Morgan fingerprint density at radius 3 is 2.80 bits per heavy atom. The zero-order chi connectivity index (χ0) is 14.7. The van der Waals surface area contributed by atoms with Gasteiger partial charge in [0, 0.05) is 6.42 Å². The van der Waals surface area contributed by atoms with Crippen LogP contribution in [-0.4, -0.2) is 19.0 Å². The van der Waals surface area contributed by atoms with E-state index in [-0.39, 0.29) is 17.9 Å². The first-order valence-electron chi connectivity index (χ1n) is 7.01. The molecule has 20 heavy (non-hydrogen) atoms. The summed E-state index contributed by atoms with van der Waals surface area (Å²) in [6.07, 6.45) is 2.36. The van der Waals surface area contributed by atoms with E-state index in [1.807, 2.05) is 26.0 Å². The first-order valence-corrected chi connectivity index (χ1v) is 7.01. The van der Waals surface area contributed by atoms with Crippen LogP contribution >= 0.6 is 0 Å². The number of esters is 1. The van der Waals surface area contributed by atoms with E-state index in [0.29, 0.717) is 17.9 Å². The van der Waals surface area contributed by atoms with Crippen LogP contribution in [0.5, 0.6) is 0 Å². The van der Waals surface area contributed by atoms with Crippen molar-refractivity contribution < 1.29 is 14.3 Å². The van der Waals surface area contributed by atoms with Gasteiger partial charge >= 0.3 is 5.97 Å². The zero-order valence-corrected chi connectivity index (χ0v) is 12.2. The van der Waals surface area contributed by atoms with E-state index in [1.54, 1.807) is 6.07 Å². The molecule has 1 aliphatic carbocycles. The van der Waals surface area contributed by atoms with Crippen LogP contribution in [0.2, 0.25) is 0 Å². The van der Waals surface area contributed by atoms with Crippen LogP contribution in [0.4, 0.5) is 0 Å². The molecule has 1 N–H and O–H groups in total. The van der Waals surface area contributed by atoms with Gasteiger partial charge in [0.1, 0.15) is 0 Å². The summed E-state index contributed by atoms with van der Waals surface area (Å²) in [5, 5.41) is 3.06. The quantitative estimate of drug-likeness (QED) is 0.859. The molecule has 1 unspecified atom stereocenters. The van der Waals surface area contributed by atoms with Crippen LogP contribution in [0.25, 0.3) is 0 Å². The third kappa shape index (κ3) is 3.18. The molecule has 2 rings (SSSR count). The number of nitrogens with one attached hydrogen (secondary N) is 1. The Labute approximate surface area is 119 Å². The molecular formula is C16H21NO3. The molecule has 0 heterocycles. The number of hydrogen-bond acceptors (Lipinski definition) is 3. The Balaban J connectivity index is 2.14. The molecule has 0 bridgehead atoms. The number of benzene rings is 1. The highest BCUT2D eigenvalue weighted by Gasteiger charge is 2.25. The summed E-state index contributed by atoms with van der Waals surface area (Å²) < 4.78 is 4.74. The van der Waals surface area contributed by atoms with Gasteiger partial charge < -0.3 is 10.1 Å². The minimum absolute atomic E-state index is 0.0147. The highest BCUT2D eigenvalue weighted by Crippen LogP contribution is 2.32. The number of amides is 1. The molecule has 1 aromatic carbocycles. The molecule has 1 aromatic rings. The monoisotopic (exact) mass is 275 g/mol. The summed E-state index contributed by atoms with van der Waals surface area (Å²) in [5.41, 5.74) is 2.79. The number of fused-ring (bicyclic) bond motifs is 1. The van der Waals surface area contributed by atoms with Crippen LogP contribution in [0.3, 0.4) is 0 Å². The van der Waals surface area contributed by atoms with E-state index >= 15 is 0 Å². The summed E-state index contributed by atoms with van der Waals surface area (Å²) in [6, 6.07) is 5.59. The number of aryl methyl sites for hydroxylation is 1. The number of carbonyl (C=O) groups excluding carboxylic acids is 2. The summed E-state index contributed by atoms with van der Waals surface area (Å²) in [4.78, 5) is 23.5.